The minimum atomic E-state index is -2.79. The third-order valence-corrected chi connectivity index (χ3v) is 7.98. The number of nitrogens with two attached hydrogens (primary N) is 1. The Bertz CT molecular complexity index is 1330. The highest BCUT2D eigenvalue weighted by atomic mass is 19.3. The molecule has 0 unspecified atom stereocenters. The van der Waals surface area contributed by atoms with Gasteiger partial charge in [0.05, 0.1) is 29.8 Å². The normalized spacial score (nSPS) is 23.0. The first-order chi connectivity index (χ1) is 18.9. The number of alkyl halides is 2. The molecule has 0 atom stereocenters. The average molecular weight is 542 g/mol. The van der Waals surface area contributed by atoms with Crippen LogP contribution in [-0.2, 0) is 9.53 Å². The number of amides is 1. The zero-order chi connectivity index (χ0) is 27.0. The van der Waals surface area contributed by atoms with Crippen molar-refractivity contribution >= 4 is 22.9 Å². The number of nitrogens with one attached hydrogen (secondary N) is 1. The van der Waals surface area contributed by atoms with E-state index in [1.165, 1.54) is 4.57 Å². The van der Waals surface area contributed by atoms with Crippen molar-refractivity contribution in [3.63, 3.8) is 0 Å². The second-order valence-electron chi connectivity index (χ2n) is 10.6. The zero-order valence-electron chi connectivity index (χ0n) is 21.7. The van der Waals surface area contributed by atoms with Crippen molar-refractivity contribution in [3.8, 4) is 11.7 Å². The summed E-state index contributed by atoms with van der Waals surface area (Å²) < 4.78 is 41.3. The van der Waals surface area contributed by atoms with E-state index in [9.17, 15) is 13.6 Å². The number of anilines is 1. The van der Waals surface area contributed by atoms with Gasteiger partial charge >= 0.3 is 0 Å². The molecule has 3 heterocycles. The molecule has 0 spiro atoms. The van der Waals surface area contributed by atoms with Crippen LogP contribution < -0.4 is 20.7 Å². The van der Waals surface area contributed by atoms with E-state index in [1.807, 2.05) is 4.90 Å². The predicted molar refractivity (Wildman–Crippen MR) is 140 cm³/mol. The number of carbonyl (C=O) groups is 1. The molecule has 3 fully saturated rings. The summed E-state index contributed by atoms with van der Waals surface area (Å²) in [6.07, 6.45) is 2.54. The Hall–Kier alpha value is -3.38. The number of para-hydroxylation sites is 2. The maximum atomic E-state index is 14.1. The molecule has 208 valence electrons. The van der Waals surface area contributed by atoms with E-state index in [0.717, 1.165) is 44.9 Å². The molecule has 2 saturated carbocycles. The molecule has 2 aliphatic carbocycles. The van der Waals surface area contributed by atoms with Crippen molar-refractivity contribution in [1.82, 2.24) is 24.8 Å². The number of hydrogen-bond acceptors (Lipinski definition) is 8. The van der Waals surface area contributed by atoms with Crippen LogP contribution in [0.2, 0.25) is 0 Å². The molecule has 1 aliphatic heterocycles. The van der Waals surface area contributed by atoms with Crippen LogP contribution in [0.15, 0.2) is 30.3 Å². The van der Waals surface area contributed by atoms with E-state index >= 15 is 0 Å². The first-order valence-corrected chi connectivity index (χ1v) is 13.6. The summed E-state index contributed by atoms with van der Waals surface area (Å²) in [6, 6.07) is 8.66. The van der Waals surface area contributed by atoms with E-state index in [1.54, 1.807) is 30.3 Å². The Kier molecular flexibility index (Phi) is 7.06. The van der Waals surface area contributed by atoms with Gasteiger partial charge in [0.25, 0.3) is 6.43 Å². The van der Waals surface area contributed by atoms with Crippen molar-refractivity contribution in [2.75, 3.05) is 31.2 Å². The lowest BCUT2D eigenvalue weighted by Gasteiger charge is -2.38. The molecule has 1 saturated heterocycles. The van der Waals surface area contributed by atoms with Gasteiger partial charge in [-0.1, -0.05) is 12.1 Å². The number of imidazole rings is 1. The summed E-state index contributed by atoms with van der Waals surface area (Å²) in [4.78, 5) is 28.0. The van der Waals surface area contributed by atoms with Crippen LogP contribution in [0, 0.1) is 0 Å². The lowest BCUT2D eigenvalue weighted by molar-refractivity contribution is -0.130. The molecule has 0 bridgehead atoms. The first-order valence-electron chi connectivity index (χ1n) is 13.6. The molecule has 1 amide bonds. The number of halogens is 2. The fraction of sp³-hybridized carbons (Fsp3) is 0.556. The van der Waals surface area contributed by atoms with Crippen LogP contribution in [0.4, 0.5) is 14.7 Å². The van der Waals surface area contributed by atoms with Crippen molar-refractivity contribution in [2.24, 2.45) is 5.73 Å². The maximum absolute atomic E-state index is 14.1. The summed E-state index contributed by atoms with van der Waals surface area (Å²) in [5.41, 5.74) is 6.45. The predicted octanol–water partition coefficient (Wildman–Crippen LogP) is 3.28. The molecule has 3 N–H and O–H groups in total. The molecular weight excluding hydrogens is 508 g/mol. The van der Waals surface area contributed by atoms with Crippen LogP contribution >= 0.6 is 0 Å². The van der Waals surface area contributed by atoms with Crippen LogP contribution in [0.5, 0.6) is 5.88 Å². The quantitative estimate of drug-likeness (QED) is 0.468. The molecule has 3 aliphatic rings. The van der Waals surface area contributed by atoms with Crippen LogP contribution in [0.3, 0.4) is 0 Å². The fourth-order valence-electron chi connectivity index (χ4n) is 5.52. The van der Waals surface area contributed by atoms with Gasteiger partial charge < -0.3 is 25.4 Å². The SMILES string of the molecule is NC1(C(=O)N[C@H]2CC[C@H](Oc3cc(-n4c(C(F)F)nc5ccccc54)nc(N4CCOCC4)n3)CC2)CCC1. The van der Waals surface area contributed by atoms with E-state index in [0.29, 0.717) is 49.2 Å². The summed E-state index contributed by atoms with van der Waals surface area (Å²) in [5, 5.41) is 3.11. The number of morpholine rings is 1. The number of carbonyl (C=O) groups excluding carboxylic acids is 1. The van der Waals surface area contributed by atoms with Gasteiger partial charge in [-0.2, -0.15) is 9.97 Å². The molecule has 3 aromatic rings. The van der Waals surface area contributed by atoms with Gasteiger partial charge in [-0.25, -0.2) is 13.8 Å². The topological polar surface area (TPSA) is 120 Å². The minimum Gasteiger partial charge on any atom is -0.474 e. The fourth-order valence-corrected chi connectivity index (χ4v) is 5.52. The standard InChI is InChI=1S/C27H33F2N7O3/c28-23(29)24-32-19-4-1-2-5-20(19)36(24)21-16-22(34-26(33-21)35-12-14-38-15-13-35)39-18-8-6-17(7-9-18)31-25(37)27(30)10-3-11-27/h1-2,4-5,16-18,23H,3,6-15,30H2,(H,31,37)/t17-,18-. The minimum absolute atomic E-state index is 0.0592. The van der Waals surface area contributed by atoms with E-state index in [2.05, 4.69) is 20.3 Å². The molecule has 6 rings (SSSR count). The Balaban J connectivity index is 1.25. The number of fused-ring (bicyclic) bond motifs is 1. The third kappa shape index (κ3) is 5.27. The van der Waals surface area contributed by atoms with Crippen molar-refractivity contribution < 1.29 is 23.0 Å². The summed E-state index contributed by atoms with van der Waals surface area (Å²) in [5.74, 6) is 0.561. The summed E-state index contributed by atoms with van der Waals surface area (Å²) in [6.45, 7) is 2.23. The second kappa shape index (κ2) is 10.6. The van der Waals surface area contributed by atoms with Gasteiger partial charge in [-0.05, 0) is 57.1 Å². The lowest BCUT2D eigenvalue weighted by atomic mass is 9.76. The van der Waals surface area contributed by atoms with Crippen molar-refractivity contribution in [3.05, 3.63) is 36.2 Å². The Labute approximate surface area is 224 Å². The van der Waals surface area contributed by atoms with Gasteiger partial charge in [0.15, 0.2) is 5.82 Å². The van der Waals surface area contributed by atoms with Gasteiger partial charge in [0.2, 0.25) is 17.7 Å². The van der Waals surface area contributed by atoms with Crippen molar-refractivity contribution in [1.29, 1.82) is 0 Å². The number of nitrogens with zero attached hydrogens (tertiary/aromatic N) is 5. The second-order valence-corrected chi connectivity index (χ2v) is 10.6. The van der Waals surface area contributed by atoms with Gasteiger partial charge in [0, 0.05) is 25.2 Å². The number of rotatable bonds is 7. The van der Waals surface area contributed by atoms with Crippen LogP contribution in [-0.4, -0.2) is 69.4 Å². The largest absolute Gasteiger partial charge is 0.474 e. The number of ether oxygens (including phenoxy) is 2. The Morgan fingerprint density at radius 2 is 1.85 bits per heavy atom. The maximum Gasteiger partial charge on any atom is 0.296 e. The molecule has 2 aromatic heterocycles. The van der Waals surface area contributed by atoms with Gasteiger partial charge in [-0.3, -0.25) is 9.36 Å². The molecule has 39 heavy (non-hydrogen) atoms. The molecule has 1 aromatic carbocycles. The van der Waals surface area contributed by atoms with Gasteiger partial charge in [0.1, 0.15) is 11.9 Å². The highest BCUT2D eigenvalue weighted by Crippen LogP contribution is 2.32. The highest BCUT2D eigenvalue weighted by Gasteiger charge is 2.41. The summed E-state index contributed by atoms with van der Waals surface area (Å²) >= 11 is 0. The highest BCUT2D eigenvalue weighted by molar-refractivity contribution is 5.87. The van der Waals surface area contributed by atoms with E-state index in [-0.39, 0.29) is 29.7 Å². The zero-order valence-corrected chi connectivity index (χ0v) is 21.7. The monoisotopic (exact) mass is 541 g/mol. The first kappa shape index (κ1) is 25.9. The van der Waals surface area contributed by atoms with Crippen LogP contribution in [0.1, 0.15) is 57.2 Å². The third-order valence-electron chi connectivity index (χ3n) is 7.98. The number of hydrogen-bond donors (Lipinski definition) is 2. The lowest BCUT2D eigenvalue weighted by Crippen LogP contribution is -2.60. The Morgan fingerprint density at radius 1 is 1.10 bits per heavy atom. The number of aromatic nitrogens is 4. The Morgan fingerprint density at radius 3 is 2.54 bits per heavy atom. The molecule has 10 nitrogen and oxygen atoms in total. The summed E-state index contributed by atoms with van der Waals surface area (Å²) in [7, 11) is 0. The van der Waals surface area contributed by atoms with Crippen LogP contribution in [0.25, 0.3) is 16.9 Å². The molecule has 0 radical (unpaired) electrons. The molecule has 12 heteroatoms. The van der Waals surface area contributed by atoms with E-state index in [4.69, 9.17) is 15.2 Å². The number of benzene rings is 1. The average Bonchev–Trinajstić information content (AvgIpc) is 3.33. The molecular formula is C27H33F2N7O3. The smallest absolute Gasteiger partial charge is 0.296 e. The van der Waals surface area contributed by atoms with E-state index < -0.39 is 12.0 Å². The van der Waals surface area contributed by atoms with Crippen molar-refractivity contribution in [2.45, 2.75) is 69.1 Å². The van der Waals surface area contributed by atoms with Gasteiger partial charge in [-0.15, -0.1) is 0 Å².